The highest BCUT2D eigenvalue weighted by Gasteiger charge is 2.22. The van der Waals surface area contributed by atoms with Crippen molar-refractivity contribution in [1.82, 2.24) is 9.21 Å². The quantitative estimate of drug-likeness (QED) is 0.727. The van der Waals surface area contributed by atoms with Crippen LogP contribution < -0.4 is 5.32 Å². The van der Waals surface area contributed by atoms with Crippen molar-refractivity contribution in [1.29, 1.82) is 0 Å². The van der Waals surface area contributed by atoms with E-state index in [4.69, 9.17) is 4.74 Å². The Morgan fingerprint density at radius 1 is 1.31 bits per heavy atom. The van der Waals surface area contributed by atoms with Crippen molar-refractivity contribution in [2.24, 2.45) is 0 Å². The molecule has 8 heteroatoms. The predicted octanol–water partition coefficient (Wildman–Crippen LogP) is 1.09. The molecule has 1 aromatic carbocycles. The first-order valence-corrected chi connectivity index (χ1v) is 10.8. The molecule has 0 spiro atoms. The molecule has 0 aromatic heterocycles. The van der Waals surface area contributed by atoms with Gasteiger partial charge in [-0.25, -0.2) is 8.42 Å². The van der Waals surface area contributed by atoms with Crippen LogP contribution in [0.15, 0.2) is 18.2 Å². The molecule has 1 N–H and O–H groups in total. The number of carbonyl (C=O) groups is 1. The third kappa shape index (κ3) is 6.05. The van der Waals surface area contributed by atoms with Gasteiger partial charge in [0, 0.05) is 31.9 Å². The number of anilines is 1. The van der Waals surface area contributed by atoms with E-state index in [-0.39, 0.29) is 12.5 Å². The van der Waals surface area contributed by atoms with Gasteiger partial charge in [0.1, 0.15) is 0 Å². The highest BCUT2D eigenvalue weighted by Crippen LogP contribution is 2.21. The van der Waals surface area contributed by atoms with E-state index in [1.54, 1.807) is 0 Å². The summed E-state index contributed by atoms with van der Waals surface area (Å²) in [5.74, 6) is -0.318. The first-order chi connectivity index (χ1) is 12.3. The van der Waals surface area contributed by atoms with Gasteiger partial charge >= 0.3 is 0 Å². The Morgan fingerprint density at radius 2 is 2.00 bits per heavy atom. The molecule has 1 aromatic rings. The topological polar surface area (TPSA) is 79.0 Å². The second kappa shape index (κ2) is 9.45. The Kier molecular flexibility index (Phi) is 7.57. The van der Waals surface area contributed by atoms with Crippen molar-refractivity contribution >= 4 is 21.6 Å². The third-order valence-corrected chi connectivity index (χ3v) is 5.81. The summed E-state index contributed by atoms with van der Waals surface area (Å²) < 4.78 is 30.7. The van der Waals surface area contributed by atoms with Gasteiger partial charge in [0.05, 0.1) is 26.0 Å². The molecule has 7 nitrogen and oxygen atoms in total. The number of rotatable bonds is 8. The Morgan fingerprint density at radius 3 is 2.62 bits per heavy atom. The summed E-state index contributed by atoms with van der Waals surface area (Å²) in [6.45, 7) is 7.55. The average Bonchev–Trinajstić information content (AvgIpc) is 2.60. The highest BCUT2D eigenvalue weighted by molar-refractivity contribution is 7.88. The molecule has 1 amide bonds. The summed E-state index contributed by atoms with van der Waals surface area (Å²) >= 11 is 0. The summed E-state index contributed by atoms with van der Waals surface area (Å²) in [7, 11) is -3.46. The number of nitrogens with zero attached hydrogens (tertiary/aromatic N) is 2. The molecular formula is C18H29N3O4S. The lowest BCUT2D eigenvalue weighted by Gasteiger charge is -2.29. The van der Waals surface area contributed by atoms with Crippen LogP contribution in [0.3, 0.4) is 0 Å². The highest BCUT2D eigenvalue weighted by atomic mass is 32.2. The van der Waals surface area contributed by atoms with Gasteiger partial charge in [-0.1, -0.05) is 25.1 Å². The van der Waals surface area contributed by atoms with E-state index in [9.17, 15) is 13.2 Å². The van der Waals surface area contributed by atoms with Crippen LogP contribution in [0, 0.1) is 6.92 Å². The molecule has 0 saturated carbocycles. The van der Waals surface area contributed by atoms with Gasteiger partial charge in [-0.15, -0.1) is 0 Å². The van der Waals surface area contributed by atoms with Crippen LogP contribution in [0.4, 0.5) is 5.69 Å². The van der Waals surface area contributed by atoms with Gasteiger partial charge in [-0.05, 0) is 24.5 Å². The van der Waals surface area contributed by atoms with Crippen LogP contribution in [0.2, 0.25) is 0 Å². The van der Waals surface area contributed by atoms with Crippen LogP contribution in [0.1, 0.15) is 18.1 Å². The van der Waals surface area contributed by atoms with E-state index in [0.717, 1.165) is 42.6 Å². The van der Waals surface area contributed by atoms with Gasteiger partial charge in [-0.2, -0.15) is 4.31 Å². The molecule has 0 bridgehead atoms. The van der Waals surface area contributed by atoms with Crippen molar-refractivity contribution in [2.45, 2.75) is 20.3 Å². The van der Waals surface area contributed by atoms with Crippen molar-refractivity contribution < 1.29 is 17.9 Å². The zero-order valence-electron chi connectivity index (χ0n) is 15.8. The third-order valence-electron chi connectivity index (χ3n) is 4.56. The molecule has 2 rings (SSSR count). The SMILES string of the molecule is CCc1cccc(C)c1NC(=O)CN(CCN1CCOCC1)S(C)(=O)=O. The molecule has 1 aliphatic rings. The normalized spacial score (nSPS) is 16.0. The second-order valence-electron chi connectivity index (χ2n) is 6.56. The van der Waals surface area contributed by atoms with Gasteiger partial charge in [-0.3, -0.25) is 9.69 Å². The lowest BCUT2D eigenvalue weighted by atomic mass is 10.1. The molecular weight excluding hydrogens is 354 g/mol. The molecule has 0 radical (unpaired) electrons. The van der Waals surface area contributed by atoms with E-state index >= 15 is 0 Å². The Balaban J connectivity index is 2.00. The van der Waals surface area contributed by atoms with Gasteiger partial charge in [0.25, 0.3) is 0 Å². The van der Waals surface area contributed by atoms with Gasteiger partial charge in [0.2, 0.25) is 15.9 Å². The lowest BCUT2D eigenvalue weighted by molar-refractivity contribution is -0.116. The van der Waals surface area contributed by atoms with E-state index < -0.39 is 10.0 Å². The number of nitrogens with one attached hydrogen (secondary N) is 1. The summed E-state index contributed by atoms with van der Waals surface area (Å²) in [6.07, 6.45) is 1.94. The minimum atomic E-state index is -3.46. The smallest absolute Gasteiger partial charge is 0.239 e. The molecule has 1 fully saturated rings. The molecule has 1 aliphatic heterocycles. The number of benzene rings is 1. The van der Waals surface area contributed by atoms with Crippen molar-refractivity contribution in [2.75, 3.05) is 57.5 Å². The fourth-order valence-corrected chi connectivity index (χ4v) is 3.75. The maximum atomic E-state index is 12.5. The first-order valence-electron chi connectivity index (χ1n) is 8.94. The molecule has 1 heterocycles. The summed E-state index contributed by atoms with van der Waals surface area (Å²) in [4.78, 5) is 14.6. The minimum absolute atomic E-state index is 0.180. The van der Waals surface area contributed by atoms with E-state index in [1.807, 2.05) is 32.0 Å². The number of amides is 1. The average molecular weight is 384 g/mol. The lowest BCUT2D eigenvalue weighted by Crippen LogP contribution is -2.45. The van der Waals surface area contributed by atoms with Crippen LogP contribution in [-0.4, -0.2) is 75.7 Å². The summed E-state index contributed by atoms with van der Waals surface area (Å²) in [6, 6.07) is 5.85. The molecule has 1 saturated heterocycles. The summed E-state index contributed by atoms with van der Waals surface area (Å²) in [5, 5.41) is 2.89. The number of sulfonamides is 1. The zero-order chi connectivity index (χ0) is 19.2. The number of ether oxygens (including phenoxy) is 1. The van der Waals surface area contributed by atoms with Gasteiger partial charge in [0.15, 0.2) is 0 Å². The minimum Gasteiger partial charge on any atom is -0.379 e. The van der Waals surface area contributed by atoms with Crippen molar-refractivity contribution in [3.05, 3.63) is 29.3 Å². The van der Waals surface area contributed by atoms with Crippen LogP contribution in [0.5, 0.6) is 0 Å². The fourth-order valence-electron chi connectivity index (χ4n) is 2.98. The van der Waals surface area contributed by atoms with E-state index in [1.165, 1.54) is 4.31 Å². The van der Waals surface area contributed by atoms with Crippen LogP contribution in [-0.2, 0) is 26.0 Å². The van der Waals surface area contributed by atoms with Crippen LogP contribution >= 0.6 is 0 Å². The van der Waals surface area contributed by atoms with Gasteiger partial charge < -0.3 is 10.1 Å². The zero-order valence-corrected chi connectivity index (χ0v) is 16.6. The number of carbonyl (C=O) groups excluding carboxylic acids is 1. The van der Waals surface area contributed by atoms with Crippen molar-refractivity contribution in [3.8, 4) is 0 Å². The number of aryl methyl sites for hydroxylation is 2. The largest absolute Gasteiger partial charge is 0.379 e. The molecule has 0 atom stereocenters. The summed E-state index contributed by atoms with van der Waals surface area (Å²) in [5.41, 5.74) is 2.79. The Bertz CT molecular complexity index is 715. The maximum Gasteiger partial charge on any atom is 0.239 e. The fraction of sp³-hybridized carbons (Fsp3) is 0.611. The van der Waals surface area contributed by atoms with E-state index in [2.05, 4.69) is 10.2 Å². The maximum absolute atomic E-state index is 12.5. The van der Waals surface area contributed by atoms with E-state index in [0.29, 0.717) is 26.3 Å². The molecule has 146 valence electrons. The molecule has 0 aliphatic carbocycles. The number of para-hydroxylation sites is 1. The second-order valence-corrected chi connectivity index (χ2v) is 8.54. The number of hydrogen-bond donors (Lipinski definition) is 1. The predicted molar refractivity (Wildman–Crippen MR) is 103 cm³/mol. The Labute approximate surface area is 156 Å². The molecule has 0 unspecified atom stereocenters. The van der Waals surface area contributed by atoms with Crippen molar-refractivity contribution in [3.63, 3.8) is 0 Å². The van der Waals surface area contributed by atoms with Crippen LogP contribution in [0.25, 0.3) is 0 Å². The monoisotopic (exact) mass is 383 g/mol. The number of hydrogen-bond acceptors (Lipinski definition) is 5. The number of morpholine rings is 1. The Hall–Kier alpha value is -1.48. The first kappa shape index (κ1) is 20.8. The standard InChI is InChI=1S/C18H29N3O4S/c1-4-16-7-5-6-15(2)18(16)19-17(22)14-21(26(3,23)24)9-8-20-10-12-25-13-11-20/h5-7H,4,8-14H2,1-3H3,(H,19,22). The molecule has 26 heavy (non-hydrogen) atoms.